The standard InChI is InChI=1S/C10H9Cl2NO3S2/c11-6-1-2-7(12)9(5-6)18(15,16)13-8-3-4-17-10(8)14/h1-2,5,8,13H,3-4H2/t8-/m1/s1. The lowest BCUT2D eigenvalue weighted by molar-refractivity contribution is -0.111. The molecule has 2 rings (SSSR count). The van der Waals surface area contributed by atoms with Crippen LogP contribution in [0.4, 0.5) is 0 Å². The van der Waals surface area contributed by atoms with Gasteiger partial charge in [0.1, 0.15) is 4.90 Å². The van der Waals surface area contributed by atoms with E-state index in [2.05, 4.69) is 4.72 Å². The Morgan fingerprint density at radius 1 is 1.33 bits per heavy atom. The monoisotopic (exact) mass is 325 g/mol. The van der Waals surface area contributed by atoms with E-state index in [0.717, 1.165) is 11.8 Å². The fourth-order valence-electron chi connectivity index (χ4n) is 1.54. The normalized spacial score (nSPS) is 20.3. The third-order valence-electron chi connectivity index (χ3n) is 2.42. The topological polar surface area (TPSA) is 63.2 Å². The fourth-order valence-corrected chi connectivity index (χ4v) is 4.54. The molecule has 18 heavy (non-hydrogen) atoms. The van der Waals surface area contributed by atoms with Crippen LogP contribution in [0.5, 0.6) is 0 Å². The highest BCUT2D eigenvalue weighted by Gasteiger charge is 2.31. The Bertz CT molecular complexity index is 589. The average Bonchev–Trinajstić information content (AvgIpc) is 2.67. The van der Waals surface area contributed by atoms with Crippen LogP contribution in [0.1, 0.15) is 6.42 Å². The van der Waals surface area contributed by atoms with Gasteiger partial charge in [0, 0.05) is 10.8 Å². The summed E-state index contributed by atoms with van der Waals surface area (Å²) in [5.41, 5.74) is 0. The van der Waals surface area contributed by atoms with Crippen molar-refractivity contribution in [1.29, 1.82) is 0 Å². The Morgan fingerprint density at radius 2 is 2.06 bits per heavy atom. The smallest absolute Gasteiger partial charge is 0.242 e. The van der Waals surface area contributed by atoms with Crippen LogP contribution in [0.25, 0.3) is 0 Å². The summed E-state index contributed by atoms with van der Waals surface area (Å²) < 4.78 is 26.5. The van der Waals surface area contributed by atoms with Crippen molar-refractivity contribution in [3.8, 4) is 0 Å². The number of rotatable bonds is 3. The van der Waals surface area contributed by atoms with Crippen molar-refractivity contribution in [3.63, 3.8) is 0 Å². The van der Waals surface area contributed by atoms with Crippen molar-refractivity contribution in [2.75, 3.05) is 5.75 Å². The minimum Gasteiger partial charge on any atom is -0.285 e. The lowest BCUT2D eigenvalue weighted by atomic mass is 10.3. The second-order valence-corrected chi connectivity index (χ2v) is 7.33. The second kappa shape index (κ2) is 5.38. The third-order valence-corrected chi connectivity index (χ3v) is 5.61. The Kier molecular flexibility index (Phi) is 4.23. The summed E-state index contributed by atoms with van der Waals surface area (Å²) in [6.07, 6.45) is 0.487. The molecule has 1 heterocycles. The van der Waals surface area contributed by atoms with E-state index in [1.165, 1.54) is 18.2 Å². The Balaban J connectivity index is 2.30. The number of hydrogen-bond acceptors (Lipinski definition) is 4. The summed E-state index contributed by atoms with van der Waals surface area (Å²) in [6.45, 7) is 0. The predicted molar refractivity (Wildman–Crippen MR) is 72.7 cm³/mol. The van der Waals surface area contributed by atoms with Crippen molar-refractivity contribution in [3.05, 3.63) is 28.2 Å². The van der Waals surface area contributed by atoms with Gasteiger partial charge in [0.2, 0.25) is 15.1 Å². The molecule has 0 saturated carbocycles. The van der Waals surface area contributed by atoms with Gasteiger partial charge in [-0.2, -0.15) is 4.72 Å². The van der Waals surface area contributed by atoms with Crippen LogP contribution in [-0.2, 0) is 14.8 Å². The maximum Gasteiger partial charge on any atom is 0.242 e. The van der Waals surface area contributed by atoms with Gasteiger partial charge >= 0.3 is 0 Å². The van der Waals surface area contributed by atoms with Gasteiger partial charge in [-0.15, -0.1) is 0 Å². The first-order valence-electron chi connectivity index (χ1n) is 5.04. The van der Waals surface area contributed by atoms with Crippen LogP contribution in [0.15, 0.2) is 23.1 Å². The van der Waals surface area contributed by atoms with E-state index in [0.29, 0.717) is 12.2 Å². The molecule has 0 bridgehead atoms. The van der Waals surface area contributed by atoms with Gasteiger partial charge in [-0.05, 0) is 24.6 Å². The first-order valence-corrected chi connectivity index (χ1v) is 8.26. The van der Waals surface area contributed by atoms with Crippen molar-refractivity contribution in [1.82, 2.24) is 4.72 Å². The molecule has 8 heteroatoms. The van der Waals surface area contributed by atoms with Gasteiger partial charge in [-0.1, -0.05) is 35.0 Å². The van der Waals surface area contributed by atoms with Crippen LogP contribution in [0.3, 0.4) is 0 Å². The molecule has 98 valence electrons. The quantitative estimate of drug-likeness (QED) is 0.926. The minimum absolute atomic E-state index is 0.0741. The number of hydrogen-bond donors (Lipinski definition) is 1. The molecule has 4 nitrogen and oxygen atoms in total. The Labute approximate surface area is 119 Å². The first-order chi connectivity index (χ1) is 8.40. The highest BCUT2D eigenvalue weighted by Crippen LogP contribution is 2.27. The fraction of sp³-hybridized carbons (Fsp3) is 0.300. The lowest BCUT2D eigenvalue weighted by Gasteiger charge is -2.12. The van der Waals surface area contributed by atoms with Crippen molar-refractivity contribution in [2.45, 2.75) is 17.4 Å². The highest BCUT2D eigenvalue weighted by molar-refractivity contribution is 8.14. The van der Waals surface area contributed by atoms with E-state index in [4.69, 9.17) is 23.2 Å². The zero-order valence-corrected chi connectivity index (χ0v) is 12.2. The predicted octanol–water partition coefficient (Wildman–Crippen LogP) is 2.30. The van der Waals surface area contributed by atoms with Gasteiger partial charge in [0.25, 0.3) is 0 Å². The Hall–Kier alpha value is -0.270. The molecule has 1 aliphatic rings. The minimum atomic E-state index is -3.83. The molecule has 0 aromatic heterocycles. The number of carbonyl (C=O) groups is 1. The zero-order chi connectivity index (χ0) is 13.3. The molecule has 1 saturated heterocycles. The van der Waals surface area contributed by atoms with Crippen LogP contribution >= 0.6 is 35.0 Å². The molecule has 0 amide bonds. The van der Waals surface area contributed by atoms with Crippen LogP contribution in [0, 0.1) is 0 Å². The number of halogens is 2. The summed E-state index contributed by atoms with van der Waals surface area (Å²) in [7, 11) is -3.83. The largest absolute Gasteiger partial charge is 0.285 e. The molecular formula is C10H9Cl2NO3S2. The van der Waals surface area contributed by atoms with Crippen LogP contribution in [-0.4, -0.2) is 25.3 Å². The van der Waals surface area contributed by atoms with Gasteiger partial charge in [-0.3, -0.25) is 4.79 Å². The molecule has 1 N–H and O–H groups in total. The van der Waals surface area contributed by atoms with Crippen LogP contribution < -0.4 is 4.72 Å². The Morgan fingerprint density at radius 3 is 2.67 bits per heavy atom. The molecule has 1 atom stereocenters. The number of benzene rings is 1. The molecule has 0 aliphatic carbocycles. The van der Waals surface area contributed by atoms with E-state index < -0.39 is 16.1 Å². The maximum atomic E-state index is 12.1. The maximum absolute atomic E-state index is 12.1. The summed E-state index contributed by atoms with van der Waals surface area (Å²) >= 11 is 12.7. The molecular weight excluding hydrogens is 317 g/mol. The van der Waals surface area contributed by atoms with Gasteiger partial charge in [-0.25, -0.2) is 8.42 Å². The summed E-state index contributed by atoms with van der Waals surface area (Å²) in [5.74, 6) is 0.620. The van der Waals surface area contributed by atoms with Gasteiger partial charge in [0.05, 0.1) is 11.1 Å². The molecule has 0 unspecified atom stereocenters. The molecule has 0 radical (unpaired) electrons. The van der Waals surface area contributed by atoms with E-state index in [1.54, 1.807) is 0 Å². The van der Waals surface area contributed by atoms with Crippen molar-refractivity contribution in [2.24, 2.45) is 0 Å². The lowest BCUT2D eigenvalue weighted by Crippen LogP contribution is -2.37. The van der Waals surface area contributed by atoms with Crippen molar-refractivity contribution < 1.29 is 13.2 Å². The number of carbonyl (C=O) groups excluding carboxylic acids is 1. The summed E-state index contributed by atoms with van der Waals surface area (Å²) in [6, 6.07) is 3.48. The highest BCUT2D eigenvalue weighted by atomic mass is 35.5. The summed E-state index contributed by atoms with van der Waals surface area (Å²) in [5, 5.41) is 0.175. The van der Waals surface area contributed by atoms with E-state index in [1.807, 2.05) is 0 Å². The zero-order valence-electron chi connectivity index (χ0n) is 9.02. The molecule has 1 aromatic carbocycles. The van der Waals surface area contributed by atoms with E-state index in [-0.39, 0.29) is 20.1 Å². The van der Waals surface area contributed by atoms with E-state index >= 15 is 0 Å². The molecule has 1 aliphatic heterocycles. The second-order valence-electron chi connectivity index (χ2n) is 3.70. The molecule has 1 aromatic rings. The average molecular weight is 326 g/mol. The number of nitrogens with one attached hydrogen (secondary N) is 1. The van der Waals surface area contributed by atoms with Gasteiger partial charge < -0.3 is 0 Å². The van der Waals surface area contributed by atoms with Gasteiger partial charge in [0.15, 0.2) is 0 Å². The van der Waals surface area contributed by atoms with E-state index in [9.17, 15) is 13.2 Å². The first kappa shape index (κ1) is 14.1. The van der Waals surface area contributed by atoms with Crippen LogP contribution in [0.2, 0.25) is 10.0 Å². The number of thioether (sulfide) groups is 1. The third kappa shape index (κ3) is 3.00. The molecule has 0 spiro atoms. The van der Waals surface area contributed by atoms with Crippen molar-refractivity contribution >= 4 is 50.1 Å². The SMILES string of the molecule is O=C1SCC[C@H]1NS(=O)(=O)c1cc(Cl)ccc1Cl. The molecule has 1 fully saturated rings. The number of sulfonamides is 1. The summed E-state index contributed by atoms with van der Waals surface area (Å²) in [4.78, 5) is 11.3.